The van der Waals surface area contributed by atoms with Gasteiger partial charge in [0.2, 0.25) is 0 Å². The van der Waals surface area contributed by atoms with Gasteiger partial charge < -0.3 is 30.1 Å². The van der Waals surface area contributed by atoms with Crippen LogP contribution in [0, 0.1) is 0 Å². The predicted octanol–water partition coefficient (Wildman–Crippen LogP) is 3.20. The molecule has 28 heavy (non-hydrogen) atoms. The summed E-state index contributed by atoms with van der Waals surface area (Å²) in [4.78, 5) is 0. The van der Waals surface area contributed by atoms with Crippen LogP contribution in [0.5, 0.6) is 0 Å². The molecule has 1 aromatic carbocycles. The van der Waals surface area contributed by atoms with Crippen LogP contribution in [0.2, 0.25) is 0 Å². The molecule has 2 aromatic heterocycles. The van der Waals surface area contributed by atoms with Crippen LogP contribution < -0.4 is 21.3 Å². The fourth-order valence-electron chi connectivity index (χ4n) is 2.43. The van der Waals surface area contributed by atoms with E-state index in [1.54, 1.807) is 12.5 Å². The Hall–Kier alpha value is -2.84. The standard InChI is InChI=1S/C20H22N4O2S2/c27-19(23-13-17-3-1-9-25-17)21-11-15-5-7-16(8-6-15)12-22-20(28)24-14-18-4-2-10-26-18/h1-10H,11-14H2,(H2,21,23,27)(H2,22,24,28). The highest BCUT2D eigenvalue weighted by Gasteiger charge is 2.01. The third-order valence-electron chi connectivity index (χ3n) is 3.94. The SMILES string of the molecule is S=C(NCc1ccc(CNC(=S)NCc2ccco2)cc1)NCc1ccco1. The lowest BCUT2D eigenvalue weighted by Crippen LogP contribution is -2.34. The number of thiocarbonyl (C=S) groups is 2. The van der Waals surface area contributed by atoms with E-state index in [1.165, 1.54) is 0 Å². The van der Waals surface area contributed by atoms with Gasteiger partial charge in [-0.1, -0.05) is 24.3 Å². The Balaban J connectivity index is 1.33. The summed E-state index contributed by atoms with van der Waals surface area (Å²) in [7, 11) is 0. The second-order valence-corrected chi connectivity index (χ2v) is 6.86. The van der Waals surface area contributed by atoms with Gasteiger partial charge in [-0.3, -0.25) is 0 Å². The number of hydrogen-bond donors (Lipinski definition) is 4. The number of hydrogen-bond acceptors (Lipinski definition) is 4. The molecule has 8 heteroatoms. The molecule has 146 valence electrons. The van der Waals surface area contributed by atoms with Crippen LogP contribution in [0.15, 0.2) is 69.9 Å². The molecule has 0 saturated heterocycles. The van der Waals surface area contributed by atoms with Gasteiger partial charge in [-0.2, -0.15) is 0 Å². The maximum absolute atomic E-state index is 5.27. The van der Waals surface area contributed by atoms with Gasteiger partial charge in [-0.05, 0) is 59.8 Å². The molecule has 0 aliphatic heterocycles. The van der Waals surface area contributed by atoms with E-state index in [2.05, 4.69) is 45.5 Å². The van der Waals surface area contributed by atoms with E-state index >= 15 is 0 Å². The van der Waals surface area contributed by atoms with Crippen LogP contribution in [0.4, 0.5) is 0 Å². The molecule has 4 N–H and O–H groups in total. The fraction of sp³-hybridized carbons (Fsp3) is 0.200. The summed E-state index contributed by atoms with van der Waals surface area (Å²) in [5.74, 6) is 1.69. The van der Waals surface area contributed by atoms with Crippen molar-refractivity contribution < 1.29 is 8.83 Å². The van der Waals surface area contributed by atoms with E-state index in [9.17, 15) is 0 Å². The third-order valence-corrected chi connectivity index (χ3v) is 4.51. The average Bonchev–Trinajstić information content (AvgIpc) is 3.42. The van der Waals surface area contributed by atoms with Crippen molar-refractivity contribution in [3.8, 4) is 0 Å². The minimum Gasteiger partial charge on any atom is -0.467 e. The van der Waals surface area contributed by atoms with E-state index < -0.39 is 0 Å². The van der Waals surface area contributed by atoms with E-state index in [0.717, 1.165) is 22.6 Å². The highest BCUT2D eigenvalue weighted by Crippen LogP contribution is 2.05. The first-order valence-electron chi connectivity index (χ1n) is 8.85. The molecule has 3 aromatic rings. The largest absolute Gasteiger partial charge is 0.467 e. The van der Waals surface area contributed by atoms with Gasteiger partial charge in [0.1, 0.15) is 11.5 Å². The third kappa shape index (κ3) is 6.71. The molecule has 0 bridgehead atoms. The van der Waals surface area contributed by atoms with Gasteiger partial charge >= 0.3 is 0 Å². The van der Waals surface area contributed by atoms with Gasteiger partial charge in [-0.15, -0.1) is 0 Å². The Morgan fingerprint density at radius 3 is 1.36 bits per heavy atom. The van der Waals surface area contributed by atoms with Crippen LogP contribution >= 0.6 is 24.4 Å². The molecule has 0 radical (unpaired) electrons. The number of furan rings is 2. The normalized spacial score (nSPS) is 10.3. The molecular weight excluding hydrogens is 392 g/mol. The summed E-state index contributed by atoms with van der Waals surface area (Å²) < 4.78 is 10.5. The summed E-state index contributed by atoms with van der Waals surface area (Å²) >= 11 is 10.5. The predicted molar refractivity (Wildman–Crippen MR) is 116 cm³/mol. The van der Waals surface area contributed by atoms with Crippen LogP contribution in [0.1, 0.15) is 22.6 Å². The first-order valence-corrected chi connectivity index (χ1v) is 9.66. The van der Waals surface area contributed by atoms with Crippen molar-refractivity contribution in [1.29, 1.82) is 0 Å². The monoisotopic (exact) mass is 414 g/mol. The molecular formula is C20H22N4O2S2. The quantitative estimate of drug-likeness (QED) is 0.419. The highest BCUT2D eigenvalue weighted by atomic mass is 32.1. The molecule has 3 rings (SSSR count). The van der Waals surface area contributed by atoms with Gasteiger partial charge in [0.05, 0.1) is 25.6 Å². The molecule has 2 heterocycles. The Labute approximate surface area is 174 Å². The van der Waals surface area contributed by atoms with Gasteiger partial charge in [0.25, 0.3) is 0 Å². The smallest absolute Gasteiger partial charge is 0.166 e. The summed E-state index contributed by atoms with van der Waals surface area (Å²) in [6, 6.07) is 15.8. The zero-order valence-corrected chi connectivity index (χ0v) is 16.9. The Bertz CT molecular complexity index is 789. The fourth-order valence-corrected chi connectivity index (χ4v) is 2.71. The maximum atomic E-state index is 5.27. The van der Waals surface area contributed by atoms with Crippen molar-refractivity contribution in [2.24, 2.45) is 0 Å². The van der Waals surface area contributed by atoms with Crippen molar-refractivity contribution in [2.45, 2.75) is 26.2 Å². The van der Waals surface area contributed by atoms with Crippen molar-refractivity contribution in [3.63, 3.8) is 0 Å². The Morgan fingerprint density at radius 2 is 1.00 bits per heavy atom. The second kappa shape index (κ2) is 10.5. The lowest BCUT2D eigenvalue weighted by molar-refractivity contribution is 0.502. The lowest BCUT2D eigenvalue weighted by atomic mass is 10.1. The Morgan fingerprint density at radius 1 is 0.607 bits per heavy atom. The number of benzene rings is 1. The Kier molecular flexibility index (Phi) is 7.45. The second-order valence-electron chi connectivity index (χ2n) is 6.05. The molecule has 0 atom stereocenters. The number of rotatable bonds is 8. The van der Waals surface area contributed by atoms with Gasteiger partial charge in [0.15, 0.2) is 10.2 Å². The minimum atomic E-state index is 0.567. The maximum Gasteiger partial charge on any atom is 0.166 e. The average molecular weight is 415 g/mol. The molecule has 0 fully saturated rings. The molecule has 6 nitrogen and oxygen atoms in total. The summed E-state index contributed by atoms with van der Waals surface area (Å²) in [6.07, 6.45) is 3.29. The van der Waals surface area contributed by atoms with Gasteiger partial charge in [0, 0.05) is 13.1 Å². The molecule has 0 aliphatic carbocycles. The topological polar surface area (TPSA) is 74.4 Å². The molecule has 0 aliphatic rings. The van der Waals surface area contributed by atoms with E-state index in [-0.39, 0.29) is 0 Å². The van der Waals surface area contributed by atoms with Gasteiger partial charge in [-0.25, -0.2) is 0 Å². The summed E-state index contributed by atoms with van der Waals surface area (Å²) in [6.45, 7) is 2.44. The number of nitrogens with one attached hydrogen (secondary N) is 4. The molecule has 0 amide bonds. The summed E-state index contributed by atoms with van der Waals surface area (Å²) in [5.41, 5.74) is 2.29. The zero-order valence-electron chi connectivity index (χ0n) is 15.2. The van der Waals surface area contributed by atoms with E-state index in [1.807, 2.05) is 24.3 Å². The summed E-state index contributed by atoms with van der Waals surface area (Å²) in [5, 5.41) is 13.8. The molecule has 0 unspecified atom stereocenters. The zero-order chi connectivity index (χ0) is 19.6. The molecule has 0 spiro atoms. The van der Waals surface area contributed by atoms with Crippen molar-refractivity contribution in [2.75, 3.05) is 0 Å². The molecule has 0 saturated carbocycles. The van der Waals surface area contributed by atoms with Crippen LogP contribution in [-0.2, 0) is 26.2 Å². The minimum absolute atomic E-state index is 0.567. The van der Waals surface area contributed by atoms with E-state index in [0.29, 0.717) is 36.4 Å². The van der Waals surface area contributed by atoms with Crippen molar-refractivity contribution in [3.05, 3.63) is 83.7 Å². The van der Waals surface area contributed by atoms with Crippen molar-refractivity contribution >= 4 is 34.7 Å². The highest BCUT2D eigenvalue weighted by molar-refractivity contribution is 7.80. The first-order chi connectivity index (χ1) is 13.7. The first kappa shape index (κ1) is 19.9. The van der Waals surface area contributed by atoms with Crippen LogP contribution in [0.3, 0.4) is 0 Å². The van der Waals surface area contributed by atoms with E-state index in [4.69, 9.17) is 33.3 Å². The van der Waals surface area contributed by atoms with Crippen LogP contribution in [0.25, 0.3) is 0 Å². The van der Waals surface area contributed by atoms with Crippen LogP contribution in [-0.4, -0.2) is 10.2 Å². The lowest BCUT2D eigenvalue weighted by Gasteiger charge is -2.11. The van der Waals surface area contributed by atoms with Crippen molar-refractivity contribution in [1.82, 2.24) is 21.3 Å².